The quantitative estimate of drug-likeness (QED) is 0.805. The highest BCUT2D eigenvalue weighted by Crippen LogP contribution is 2.28. The number of carbonyl (C=O) groups excluding carboxylic acids is 2. The van der Waals surface area contributed by atoms with Crippen LogP contribution in [-0.2, 0) is 16.0 Å². The zero-order valence-corrected chi connectivity index (χ0v) is 14.3. The van der Waals surface area contributed by atoms with Gasteiger partial charge in [-0.2, -0.15) is 0 Å². The average molecular weight is 321 g/mol. The topological polar surface area (TPSA) is 37.4 Å². The molecule has 0 spiro atoms. The standard InChI is InChI=1S/C21H23NO2/c1-15-6-3-4-8-19(15)20-12-17(10-9-16(20)2)13-21(24)22-11-5-7-18(22)14-23/h3-4,6,8-10,12,14,18H,5,7,11,13H2,1-2H3. The van der Waals surface area contributed by atoms with Crippen LogP contribution in [0, 0.1) is 13.8 Å². The van der Waals surface area contributed by atoms with Gasteiger partial charge in [-0.05, 0) is 54.5 Å². The summed E-state index contributed by atoms with van der Waals surface area (Å²) in [7, 11) is 0. The molecule has 0 aromatic heterocycles. The van der Waals surface area contributed by atoms with E-state index in [0.717, 1.165) is 24.7 Å². The van der Waals surface area contributed by atoms with Crippen molar-refractivity contribution < 1.29 is 9.59 Å². The molecule has 1 fully saturated rings. The Bertz CT molecular complexity index is 766. The number of likely N-dealkylation sites (tertiary alicyclic amines) is 1. The van der Waals surface area contributed by atoms with E-state index in [1.807, 2.05) is 18.2 Å². The Morgan fingerprint density at radius 1 is 1.12 bits per heavy atom. The molecule has 0 radical (unpaired) electrons. The molecule has 1 aliphatic heterocycles. The molecule has 1 aliphatic rings. The van der Waals surface area contributed by atoms with Crippen LogP contribution in [-0.4, -0.2) is 29.7 Å². The molecular formula is C21H23NO2. The van der Waals surface area contributed by atoms with Crippen LogP contribution >= 0.6 is 0 Å². The largest absolute Gasteiger partial charge is 0.333 e. The predicted molar refractivity (Wildman–Crippen MR) is 95.9 cm³/mol. The number of aldehydes is 1. The first kappa shape index (κ1) is 16.4. The third kappa shape index (κ3) is 3.25. The van der Waals surface area contributed by atoms with Crippen LogP contribution in [0.2, 0.25) is 0 Å². The molecule has 1 amide bonds. The molecule has 3 rings (SSSR count). The maximum Gasteiger partial charge on any atom is 0.227 e. The Balaban J connectivity index is 1.85. The molecule has 1 saturated heterocycles. The van der Waals surface area contributed by atoms with Crippen molar-refractivity contribution in [2.24, 2.45) is 0 Å². The molecule has 124 valence electrons. The van der Waals surface area contributed by atoms with Gasteiger partial charge in [0.2, 0.25) is 5.91 Å². The van der Waals surface area contributed by atoms with E-state index in [-0.39, 0.29) is 11.9 Å². The molecule has 0 bridgehead atoms. The fourth-order valence-corrected chi connectivity index (χ4v) is 3.46. The minimum Gasteiger partial charge on any atom is -0.333 e. The van der Waals surface area contributed by atoms with Gasteiger partial charge in [-0.25, -0.2) is 0 Å². The predicted octanol–water partition coefficient (Wildman–Crippen LogP) is 3.70. The van der Waals surface area contributed by atoms with Crippen LogP contribution in [0.3, 0.4) is 0 Å². The van der Waals surface area contributed by atoms with Crippen LogP contribution in [0.1, 0.15) is 29.5 Å². The monoisotopic (exact) mass is 321 g/mol. The number of hydrogen-bond donors (Lipinski definition) is 0. The molecule has 0 N–H and O–H groups in total. The van der Waals surface area contributed by atoms with E-state index >= 15 is 0 Å². The Hall–Kier alpha value is -2.42. The molecule has 1 atom stereocenters. The van der Waals surface area contributed by atoms with Gasteiger partial charge in [0.15, 0.2) is 0 Å². The molecular weight excluding hydrogens is 298 g/mol. The zero-order valence-electron chi connectivity index (χ0n) is 14.3. The van der Waals surface area contributed by atoms with Crippen molar-refractivity contribution in [3.8, 4) is 11.1 Å². The van der Waals surface area contributed by atoms with E-state index in [2.05, 4.69) is 38.1 Å². The third-order valence-electron chi connectivity index (χ3n) is 4.87. The lowest BCUT2D eigenvalue weighted by Gasteiger charge is -2.20. The van der Waals surface area contributed by atoms with E-state index in [1.54, 1.807) is 4.90 Å². The summed E-state index contributed by atoms with van der Waals surface area (Å²) >= 11 is 0. The number of aryl methyl sites for hydroxylation is 2. The van der Waals surface area contributed by atoms with Gasteiger partial charge in [0.05, 0.1) is 12.5 Å². The van der Waals surface area contributed by atoms with Crippen molar-refractivity contribution in [2.75, 3.05) is 6.54 Å². The lowest BCUT2D eigenvalue weighted by atomic mass is 9.94. The van der Waals surface area contributed by atoms with Crippen LogP contribution < -0.4 is 0 Å². The Morgan fingerprint density at radius 2 is 1.88 bits per heavy atom. The minimum absolute atomic E-state index is 0.0455. The average Bonchev–Trinajstić information content (AvgIpc) is 3.06. The first-order valence-electron chi connectivity index (χ1n) is 8.50. The van der Waals surface area contributed by atoms with Gasteiger partial charge in [-0.15, -0.1) is 0 Å². The van der Waals surface area contributed by atoms with E-state index < -0.39 is 0 Å². The third-order valence-corrected chi connectivity index (χ3v) is 4.87. The number of hydrogen-bond acceptors (Lipinski definition) is 2. The van der Waals surface area contributed by atoms with Crippen molar-refractivity contribution in [2.45, 2.75) is 39.2 Å². The highest BCUT2D eigenvalue weighted by Gasteiger charge is 2.28. The number of rotatable bonds is 4. The Labute approximate surface area is 143 Å². The van der Waals surface area contributed by atoms with E-state index in [0.29, 0.717) is 13.0 Å². The summed E-state index contributed by atoms with van der Waals surface area (Å²) in [5, 5.41) is 0. The summed E-state index contributed by atoms with van der Waals surface area (Å²) in [5.41, 5.74) is 5.81. The summed E-state index contributed by atoms with van der Waals surface area (Å²) in [5.74, 6) is 0.0455. The highest BCUT2D eigenvalue weighted by atomic mass is 16.2. The summed E-state index contributed by atoms with van der Waals surface area (Å²) in [4.78, 5) is 25.4. The fraction of sp³-hybridized carbons (Fsp3) is 0.333. The molecule has 1 unspecified atom stereocenters. The number of nitrogens with zero attached hydrogens (tertiary/aromatic N) is 1. The molecule has 2 aromatic carbocycles. The van der Waals surface area contributed by atoms with Gasteiger partial charge >= 0.3 is 0 Å². The molecule has 2 aromatic rings. The van der Waals surface area contributed by atoms with Crippen LogP contribution in [0.25, 0.3) is 11.1 Å². The normalized spacial score (nSPS) is 17.1. The van der Waals surface area contributed by atoms with Gasteiger partial charge in [0, 0.05) is 6.54 Å². The van der Waals surface area contributed by atoms with Gasteiger partial charge < -0.3 is 9.69 Å². The first-order chi connectivity index (χ1) is 11.6. The van der Waals surface area contributed by atoms with E-state index in [1.165, 1.54) is 22.3 Å². The lowest BCUT2D eigenvalue weighted by molar-refractivity contribution is -0.133. The van der Waals surface area contributed by atoms with Crippen molar-refractivity contribution in [3.05, 3.63) is 59.2 Å². The van der Waals surface area contributed by atoms with Crippen LogP contribution in [0.15, 0.2) is 42.5 Å². The number of benzene rings is 2. The van der Waals surface area contributed by atoms with Crippen molar-refractivity contribution in [3.63, 3.8) is 0 Å². The van der Waals surface area contributed by atoms with Gasteiger partial charge in [0.25, 0.3) is 0 Å². The molecule has 24 heavy (non-hydrogen) atoms. The summed E-state index contributed by atoms with van der Waals surface area (Å²) < 4.78 is 0. The second kappa shape index (κ2) is 7.00. The second-order valence-corrected chi connectivity index (χ2v) is 6.57. The maximum atomic E-state index is 12.6. The fourth-order valence-electron chi connectivity index (χ4n) is 3.46. The molecule has 3 nitrogen and oxygen atoms in total. The minimum atomic E-state index is -0.237. The Kier molecular flexibility index (Phi) is 4.79. The van der Waals surface area contributed by atoms with Crippen LogP contribution in [0.4, 0.5) is 0 Å². The zero-order chi connectivity index (χ0) is 17.1. The van der Waals surface area contributed by atoms with Gasteiger partial charge in [0.1, 0.15) is 6.29 Å². The molecule has 0 saturated carbocycles. The smallest absolute Gasteiger partial charge is 0.227 e. The SMILES string of the molecule is Cc1ccccc1-c1cc(CC(=O)N2CCCC2C=O)ccc1C. The van der Waals surface area contributed by atoms with Gasteiger partial charge in [-0.1, -0.05) is 42.5 Å². The number of carbonyl (C=O) groups is 2. The van der Waals surface area contributed by atoms with E-state index in [9.17, 15) is 9.59 Å². The molecule has 0 aliphatic carbocycles. The maximum absolute atomic E-state index is 12.6. The number of amides is 1. The van der Waals surface area contributed by atoms with Crippen molar-refractivity contribution >= 4 is 12.2 Å². The molecule has 3 heteroatoms. The highest BCUT2D eigenvalue weighted by molar-refractivity contribution is 5.83. The van der Waals surface area contributed by atoms with Crippen LogP contribution in [0.5, 0.6) is 0 Å². The van der Waals surface area contributed by atoms with Gasteiger partial charge in [-0.3, -0.25) is 4.79 Å². The summed E-state index contributed by atoms with van der Waals surface area (Å²) in [6.07, 6.45) is 2.96. The Morgan fingerprint density at radius 3 is 2.62 bits per heavy atom. The van der Waals surface area contributed by atoms with Crippen molar-refractivity contribution in [1.29, 1.82) is 0 Å². The summed E-state index contributed by atoms with van der Waals surface area (Å²) in [6.45, 7) is 4.89. The molecule has 1 heterocycles. The van der Waals surface area contributed by atoms with E-state index in [4.69, 9.17) is 0 Å². The second-order valence-electron chi connectivity index (χ2n) is 6.57. The lowest BCUT2D eigenvalue weighted by Crippen LogP contribution is -2.37. The summed E-state index contributed by atoms with van der Waals surface area (Å²) in [6, 6.07) is 14.3. The van der Waals surface area contributed by atoms with Crippen molar-refractivity contribution in [1.82, 2.24) is 4.90 Å². The first-order valence-corrected chi connectivity index (χ1v) is 8.50.